The molecule has 0 fully saturated rings. The van der Waals surface area contributed by atoms with Crippen LogP contribution in [0.4, 0.5) is 11.4 Å². The fourth-order valence-electron chi connectivity index (χ4n) is 10.1. The molecular weight excluding hydrogens is 1080 g/mol. The minimum Gasteiger partial charge on any atom is -0.509 e. The van der Waals surface area contributed by atoms with Crippen LogP contribution < -0.4 is 14.5 Å². The number of ether oxygens (including phenoxy) is 1. The molecule has 3 heterocycles. The summed E-state index contributed by atoms with van der Waals surface area (Å²) in [6, 6.07) is 66.6. The molecule has 10 rings (SSSR count). The Bertz CT molecular complexity index is 3510. The zero-order valence-electron chi connectivity index (χ0n) is 45.3. The number of hydrogen-bond donors (Lipinski definition) is 0. The first-order valence-electron chi connectivity index (χ1n) is 25.8. The molecule has 2 aromatic heterocycles. The van der Waals surface area contributed by atoms with E-state index in [1.54, 1.807) is 0 Å². The second-order valence-electron chi connectivity index (χ2n) is 24.0. The first-order valence-corrected chi connectivity index (χ1v) is 25.8. The fraction of sp³-hybridized carbons (Fsp3) is 0.265. The topological polar surface area (TPSA) is 33.5 Å². The Morgan fingerprint density at radius 2 is 1.08 bits per heavy atom. The van der Waals surface area contributed by atoms with Gasteiger partial charge in [0, 0.05) is 66.5 Å². The van der Waals surface area contributed by atoms with E-state index in [4.69, 9.17) is 9.72 Å². The van der Waals surface area contributed by atoms with Crippen LogP contribution in [0.3, 0.4) is 0 Å². The van der Waals surface area contributed by atoms with Crippen LogP contribution in [-0.4, -0.2) is 9.55 Å². The molecule has 1 aliphatic heterocycles. The van der Waals surface area contributed by atoms with Crippen molar-refractivity contribution in [1.29, 1.82) is 0 Å². The van der Waals surface area contributed by atoms with Crippen molar-refractivity contribution in [3.05, 3.63) is 234 Å². The van der Waals surface area contributed by atoms with Gasteiger partial charge in [0.05, 0.1) is 0 Å². The summed E-state index contributed by atoms with van der Waals surface area (Å²) < 4.78 is 9.29. The van der Waals surface area contributed by atoms with Crippen molar-refractivity contribution in [2.75, 3.05) is 9.80 Å². The fourth-order valence-corrected chi connectivity index (χ4v) is 10.1. The molecule has 380 valence electrons. The molecule has 5 nitrogen and oxygen atoms in total. The van der Waals surface area contributed by atoms with Crippen molar-refractivity contribution in [3.8, 4) is 28.4 Å². The van der Waals surface area contributed by atoms with Gasteiger partial charge in [0.1, 0.15) is 5.82 Å². The van der Waals surface area contributed by atoms with Crippen molar-refractivity contribution in [1.82, 2.24) is 9.55 Å². The summed E-state index contributed by atoms with van der Waals surface area (Å²) in [4.78, 5) is 9.66. The van der Waals surface area contributed by atoms with Gasteiger partial charge in [-0.2, -0.15) is 6.07 Å². The van der Waals surface area contributed by atoms with Gasteiger partial charge in [-0.1, -0.05) is 205 Å². The van der Waals surface area contributed by atoms with Crippen molar-refractivity contribution in [3.63, 3.8) is 0 Å². The van der Waals surface area contributed by atoms with E-state index in [2.05, 4.69) is 293 Å². The molecule has 0 saturated carbocycles. The Morgan fingerprint density at radius 1 is 0.473 bits per heavy atom. The molecule has 0 saturated heterocycles. The van der Waals surface area contributed by atoms with Crippen LogP contribution in [0.2, 0.25) is 0 Å². The molecule has 9 aromatic rings. The average Bonchev–Trinajstić information content (AvgIpc) is 3.97. The van der Waals surface area contributed by atoms with Crippen LogP contribution >= 0.6 is 0 Å². The number of pyridine rings is 1. The summed E-state index contributed by atoms with van der Waals surface area (Å²) in [6.45, 7) is 31.8. The Kier molecular flexibility index (Phi) is 13.8. The molecule has 0 radical (unpaired) electrons. The molecule has 0 atom stereocenters. The normalized spacial score (nSPS) is 13.6. The van der Waals surface area contributed by atoms with Crippen LogP contribution in [0.25, 0.3) is 38.8 Å². The molecule has 0 unspecified atom stereocenters. The minimum absolute atomic E-state index is 0. The van der Waals surface area contributed by atoms with E-state index in [0.717, 1.165) is 50.3 Å². The average molecular weight is 1150 g/mol. The first kappa shape index (κ1) is 52.2. The maximum atomic E-state index is 7.04. The molecule has 7 aromatic carbocycles. The second kappa shape index (κ2) is 19.5. The SMILES string of the molecule is CC(C)(C)c1cc(Oc2[c-]c3c(cc2)c2cc(C(C)(C)C)ccc2n3-c2cc(C(C)(C)c3ccccc3)ccn2)[c-]c(N2[CH-]N(c3cc(-c4ccccc4)cc(C(C)(C)C)c3)C=C2C(C)(C)c2ccccc2)c1.[Pt]. The summed E-state index contributed by atoms with van der Waals surface area (Å²) in [6.07, 6.45) is 4.24. The molecule has 0 N–H and O–H groups in total. The maximum absolute atomic E-state index is 7.04. The van der Waals surface area contributed by atoms with Gasteiger partial charge < -0.3 is 19.1 Å². The van der Waals surface area contributed by atoms with Gasteiger partial charge in [-0.3, -0.25) is 0 Å². The van der Waals surface area contributed by atoms with E-state index in [1.807, 2.05) is 6.20 Å². The van der Waals surface area contributed by atoms with Crippen LogP contribution in [0.1, 0.15) is 123 Å². The third-order valence-electron chi connectivity index (χ3n) is 15.0. The number of aromatic nitrogens is 2. The molecule has 0 spiro atoms. The monoisotopic (exact) mass is 1150 g/mol. The van der Waals surface area contributed by atoms with Crippen LogP contribution in [-0.2, 0) is 48.1 Å². The van der Waals surface area contributed by atoms with E-state index >= 15 is 0 Å². The van der Waals surface area contributed by atoms with E-state index in [-0.39, 0.29) is 42.7 Å². The predicted molar refractivity (Wildman–Crippen MR) is 306 cm³/mol. The largest absolute Gasteiger partial charge is 0.509 e. The van der Waals surface area contributed by atoms with Crippen LogP contribution in [0, 0.1) is 18.8 Å². The zero-order chi connectivity index (χ0) is 51.7. The van der Waals surface area contributed by atoms with Gasteiger partial charge in [0.2, 0.25) is 0 Å². The second-order valence-corrected chi connectivity index (χ2v) is 24.0. The molecule has 1 aliphatic rings. The number of fused-ring (bicyclic) bond motifs is 3. The minimum atomic E-state index is -0.399. The maximum Gasteiger partial charge on any atom is 0.135 e. The Morgan fingerprint density at radius 3 is 1.72 bits per heavy atom. The molecule has 0 aliphatic carbocycles. The van der Waals surface area contributed by atoms with Gasteiger partial charge in [-0.25, -0.2) is 4.98 Å². The summed E-state index contributed by atoms with van der Waals surface area (Å²) >= 11 is 0. The smallest absolute Gasteiger partial charge is 0.135 e. The predicted octanol–water partition coefficient (Wildman–Crippen LogP) is 17.7. The van der Waals surface area contributed by atoms with Crippen LogP contribution in [0.15, 0.2) is 182 Å². The van der Waals surface area contributed by atoms with Gasteiger partial charge in [0.15, 0.2) is 0 Å². The van der Waals surface area contributed by atoms with Crippen molar-refractivity contribution in [2.45, 2.75) is 117 Å². The van der Waals surface area contributed by atoms with Crippen molar-refractivity contribution >= 4 is 33.2 Å². The number of benzene rings is 7. The van der Waals surface area contributed by atoms with Gasteiger partial charge in [-0.15, -0.1) is 53.6 Å². The van der Waals surface area contributed by atoms with Crippen molar-refractivity contribution < 1.29 is 25.8 Å². The van der Waals surface area contributed by atoms with Gasteiger partial charge in [-0.05, 0) is 97.1 Å². The van der Waals surface area contributed by atoms with E-state index in [9.17, 15) is 0 Å². The van der Waals surface area contributed by atoms with Crippen molar-refractivity contribution in [2.24, 2.45) is 0 Å². The van der Waals surface area contributed by atoms with Gasteiger partial charge >= 0.3 is 0 Å². The summed E-state index contributed by atoms with van der Waals surface area (Å²) in [5.41, 5.74) is 13.8. The van der Waals surface area contributed by atoms with E-state index in [1.165, 1.54) is 38.9 Å². The summed E-state index contributed by atoms with van der Waals surface area (Å²) in [7, 11) is 0. The Labute approximate surface area is 455 Å². The molecule has 0 amide bonds. The van der Waals surface area contributed by atoms with E-state index in [0.29, 0.717) is 11.5 Å². The number of anilines is 2. The standard InChI is InChI=1S/C68H69N4O.Pt/c1-64(2,3)50-29-32-60-59(40-50)58-31-30-56(43-61(58)72(60)63-41-51(33-34-69-63)67(10,11)48-25-19-15-20-26-48)73-57-39-53(66(7,8)9)38-55(42-57)71-45-70(44-62(71)68(12,13)49-27-21-16-22-28-49)54-36-47(46-23-17-14-18-24-46)35-52(37-54)65(4,5)6;/h14-41,44-45H,1-13H3;/q-3;. The molecular formula is C68H69N4OPt-3. The Balaban J connectivity index is 0.00000672. The molecule has 74 heavy (non-hydrogen) atoms. The summed E-state index contributed by atoms with van der Waals surface area (Å²) in [5, 5.41) is 2.24. The number of nitrogens with zero attached hydrogens (tertiary/aromatic N) is 4. The van der Waals surface area contributed by atoms with Gasteiger partial charge in [0.25, 0.3) is 0 Å². The Hall–Kier alpha value is -6.68. The molecule has 6 heteroatoms. The third kappa shape index (κ3) is 10.1. The number of allylic oxidation sites excluding steroid dienone is 1. The molecule has 0 bridgehead atoms. The quantitative estimate of drug-likeness (QED) is 0.128. The van der Waals surface area contributed by atoms with Crippen LogP contribution in [0.5, 0.6) is 11.5 Å². The van der Waals surface area contributed by atoms with E-state index < -0.39 is 5.41 Å². The summed E-state index contributed by atoms with van der Waals surface area (Å²) in [5.74, 6) is 2.05. The number of hydrogen-bond acceptors (Lipinski definition) is 4. The number of rotatable bonds is 10. The zero-order valence-corrected chi connectivity index (χ0v) is 47.6. The third-order valence-corrected chi connectivity index (χ3v) is 15.0. The first-order chi connectivity index (χ1) is 34.6.